The largest absolute Gasteiger partial charge is 0.478 e. The van der Waals surface area contributed by atoms with Crippen molar-refractivity contribution in [2.45, 2.75) is 180 Å². The van der Waals surface area contributed by atoms with Crippen molar-refractivity contribution in [3.63, 3.8) is 0 Å². The van der Waals surface area contributed by atoms with E-state index in [1.807, 2.05) is 0 Å². The van der Waals surface area contributed by atoms with Crippen LogP contribution in [0.2, 0.25) is 0 Å². The van der Waals surface area contributed by atoms with Gasteiger partial charge in [-0.25, -0.2) is 4.79 Å². The van der Waals surface area contributed by atoms with Gasteiger partial charge in [0, 0.05) is 21.8 Å². The zero-order valence-corrected chi connectivity index (χ0v) is 31.1. The molecule has 3 aliphatic carbocycles. The van der Waals surface area contributed by atoms with Crippen molar-refractivity contribution < 1.29 is 40.5 Å². The van der Waals surface area contributed by atoms with Crippen molar-refractivity contribution in [2.24, 2.45) is 16.2 Å². The van der Waals surface area contributed by atoms with Crippen LogP contribution in [0.25, 0.3) is 0 Å². The minimum Gasteiger partial charge on any atom is -0.478 e. The fourth-order valence-corrected chi connectivity index (χ4v) is 7.13. The Hall–Kier alpha value is -1.03. The Labute approximate surface area is 294 Å². The third-order valence-electron chi connectivity index (χ3n) is 11.1. The topological polar surface area (TPSA) is 159 Å². The summed E-state index contributed by atoms with van der Waals surface area (Å²) >= 11 is 0. The van der Waals surface area contributed by atoms with Gasteiger partial charge in [0.2, 0.25) is 0 Å². The molecule has 0 spiro atoms. The van der Waals surface area contributed by atoms with E-state index in [1.54, 1.807) is 0 Å². The molecular formula is C40H78O8. The first kappa shape index (κ1) is 47.0. The van der Waals surface area contributed by atoms with Gasteiger partial charge in [-0.3, -0.25) is 0 Å². The molecule has 8 heteroatoms. The van der Waals surface area contributed by atoms with Gasteiger partial charge >= 0.3 is 5.97 Å². The number of carboxylic acid groups (broad SMARTS) is 1. The quantitative estimate of drug-likeness (QED) is 0.132. The van der Waals surface area contributed by atoms with Gasteiger partial charge in [-0.05, 0) is 45.4 Å². The highest BCUT2D eigenvalue weighted by Crippen LogP contribution is 2.34. The predicted molar refractivity (Wildman–Crippen MR) is 197 cm³/mol. The second-order valence-electron chi connectivity index (χ2n) is 15.5. The molecule has 8 nitrogen and oxygen atoms in total. The number of carbonyl (C=O) groups is 1. The number of rotatable bonds is 7. The van der Waals surface area contributed by atoms with E-state index >= 15 is 0 Å². The lowest BCUT2D eigenvalue weighted by Crippen LogP contribution is -2.30. The Morgan fingerprint density at radius 2 is 0.521 bits per heavy atom. The molecule has 3 fully saturated rings. The van der Waals surface area contributed by atoms with E-state index in [0.29, 0.717) is 0 Å². The Morgan fingerprint density at radius 1 is 0.396 bits per heavy atom. The van der Waals surface area contributed by atoms with Crippen LogP contribution in [0.3, 0.4) is 0 Å². The first-order valence-electron chi connectivity index (χ1n) is 19.7. The summed E-state index contributed by atoms with van der Waals surface area (Å²) in [4.78, 5) is 9.60. The molecular weight excluding hydrogens is 608 g/mol. The van der Waals surface area contributed by atoms with Crippen LogP contribution in [0.4, 0.5) is 0 Å². The summed E-state index contributed by atoms with van der Waals surface area (Å²) < 4.78 is 0. The number of hydrogen-bond donors (Lipinski definition) is 7. The average molecular weight is 687 g/mol. The van der Waals surface area contributed by atoms with E-state index in [0.717, 1.165) is 38.5 Å². The van der Waals surface area contributed by atoms with Crippen LogP contribution in [-0.4, -0.2) is 81.4 Å². The molecule has 0 aromatic heterocycles. The molecule has 7 N–H and O–H groups in total. The van der Waals surface area contributed by atoms with Gasteiger partial charge in [0.1, 0.15) is 0 Å². The summed E-state index contributed by atoms with van der Waals surface area (Å²) in [6.45, 7) is 5.54. The van der Waals surface area contributed by atoms with Crippen LogP contribution in [-0.2, 0) is 4.79 Å². The number of aliphatic carboxylic acids is 1. The summed E-state index contributed by atoms with van der Waals surface area (Å²) in [5.74, 6) is -0.935. The van der Waals surface area contributed by atoms with Crippen molar-refractivity contribution in [3.05, 3.63) is 12.2 Å². The maximum atomic E-state index is 9.60. The molecule has 0 heterocycles. The summed E-state index contributed by atoms with van der Waals surface area (Å²) in [7, 11) is 0. The van der Waals surface area contributed by atoms with Crippen molar-refractivity contribution in [2.75, 3.05) is 39.6 Å². The van der Waals surface area contributed by atoms with Crippen molar-refractivity contribution in [1.29, 1.82) is 0 Å². The van der Waals surface area contributed by atoms with E-state index in [9.17, 15) is 35.4 Å². The number of aliphatic hydroxyl groups is 6. The van der Waals surface area contributed by atoms with Crippen molar-refractivity contribution >= 4 is 5.97 Å². The molecule has 48 heavy (non-hydrogen) atoms. The number of aliphatic hydroxyl groups excluding tert-OH is 6. The van der Waals surface area contributed by atoms with Gasteiger partial charge < -0.3 is 35.7 Å². The maximum absolute atomic E-state index is 9.60. The predicted octanol–water partition coefficient (Wildman–Crippen LogP) is 8.09. The van der Waals surface area contributed by atoms with Crippen LogP contribution in [0.1, 0.15) is 180 Å². The molecule has 286 valence electrons. The van der Waals surface area contributed by atoms with Crippen molar-refractivity contribution in [3.8, 4) is 0 Å². The minimum atomic E-state index is -0.935. The highest BCUT2D eigenvalue weighted by molar-refractivity contribution is 5.84. The lowest BCUT2D eigenvalue weighted by Gasteiger charge is -2.30. The fraction of sp³-hybridized carbons (Fsp3) is 0.925. The van der Waals surface area contributed by atoms with E-state index in [-0.39, 0.29) is 61.5 Å². The van der Waals surface area contributed by atoms with Crippen LogP contribution in [0, 0.1) is 16.2 Å². The van der Waals surface area contributed by atoms with Gasteiger partial charge in [-0.2, -0.15) is 0 Å². The second kappa shape index (κ2) is 29.7. The summed E-state index contributed by atoms with van der Waals surface area (Å²) in [6, 6.07) is 0. The van der Waals surface area contributed by atoms with Crippen molar-refractivity contribution in [1.82, 2.24) is 0 Å². The standard InChI is InChI=1S/3C12H24O2.C4H6O2/c3*13-10-12(11-14)8-6-4-2-1-3-5-7-9-12;1-3(2)4(5)6/h3*13-14H,1-11H2;1H2,2H3,(H,5,6). The van der Waals surface area contributed by atoms with E-state index in [4.69, 9.17) is 5.11 Å². The Balaban J connectivity index is 0.000000637. The Bertz CT molecular complexity index is 630. The van der Waals surface area contributed by atoms with Gasteiger partial charge in [0.15, 0.2) is 0 Å². The van der Waals surface area contributed by atoms with E-state index in [1.165, 1.54) is 142 Å². The Kier molecular flexibility index (Phi) is 29.0. The molecule has 0 bridgehead atoms. The minimum absolute atomic E-state index is 0.156. The molecule has 0 amide bonds. The van der Waals surface area contributed by atoms with Crippen LogP contribution < -0.4 is 0 Å². The van der Waals surface area contributed by atoms with Crippen LogP contribution >= 0.6 is 0 Å². The first-order chi connectivity index (χ1) is 23.1. The molecule has 0 atom stereocenters. The van der Waals surface area contributed by atoms with Crippen LogP contribution in [0.5, 0.6) is 0 Å². The molecule has 3 rings (SSSR count). The lowest BCUT2D eigenvalue weighted by molar-refractivity contribution is -0.132. The molecule has 0 aliphatic heterocycles. The summed E-state index contributed by atoms with van der Waals surface area (Å²) in [5, 5.41) is 64.1. The molecule has 3 aliphatic rings. The smallest absolute Gasteiger partial charge is 0.330 e. The van der Waals surface area contributed by atoms with Gasteiger partial charge in [-0.1, -0.05) is 141 Å². The fourth-order valence-electron chi connectivity index (χ4n) is 7.13. The molecule has 0 unspecified atom stereocenters. The number of hydrogen-bond acceptors (Lipinski definition) is 7. The highest BCUT2D eigenvalue weighted by atomic mass is 16.4. The first-order valence-corrected chi connectivity index (χ1v) is 19.7. The monoisotopic (exact) mass is 687 g/mol. The zero-order valence-electron chi connectivity index (χ0n) is 31.1. The lowest BCUT2D eigenvalue weighted by atomic mass is 9.78. The average Bonchev–Trinajstić information content (AvgIpc) is 3.12. The maximum Gasteiger partial charge on any atom is 0.330 e. The molecule has 0 saturated heterocycles. The summed E-state index contributed by atoms with van der Waals surface area (Å²) in [6.07, 6.45) is 32.7. The summed E-state index contributed by atoms with van der Waals surface area (Å²) in [5.41, 5.74) is -0.332. The third kappa shape index (κ3) is 21.9. The molecule has 0 radical (unpaired) electrons. The SMILES string of the molecule is C=C(C)C(=O)O.OCC1(CO)CCCCCCCCC1.OCC1(CO)CCCCCCCCC1.OCC1(CO)CCCCCCCCC1. The number of carboxylic acids is 1. The van der Waals surface area contributed by atoms with E-state index in [2.05, 4.69) is 6.58 Å². The normalized spacial score (nSPS) is 22.3. The van der Waals surface area contributed by atoms with Gasteiger partial charge in [0.05, 0.1) is 39.6 Å². The molecule has 0 aromatic rings. The van der Waals surface area contributed by atoms with Crippen LogP contribution in [0.15, 0.2) is 12.2 Å². The zero-order chi connectivity index (χ0) is 36.0. The van der Waals surface area contributed by atoms with E-state index < -0.39 is 5.97 Å². The van der Waals surface area contributed by atoms with Gasteiger partial charge in [-0.15, -0.1) is 0 Å². The molecule has 0 aromatic carbocycles. The Morgan fingerprint density at radius 3 is 0.625 bits per heavy atom. The second-order valence-corrected chi connectivity index (χ2v) is 15.5. The highest BCUT2D eigenvalue weighted by Gasteiger charge is 2.29. The third-order valence-corrected chi connectivity index (χ3v) is 11.1. The molecule has 3 saturated carbocycles. The van der Waals surface area contributed by atoms with Gasteiger partial charge in [0.25, 0.3) is 0 Å².